The molecule has 13 atom stereocenters. The van der Waals surface area contributed by atoms with Crippen molar-refractivity contribution in [1.82, 2.24) is 36.1 Å². The Labute approximate surface area is 678 Å². The molecule has 8 aromatic rings. The summed E-state index contributed by atoms with van der Waals surface area (Å²) < 4.78 is 0. The monoisotopic (exact) mass is 1580 g/mol. The van der Waals surface area contributed by atoms with Crippen molar-refractivity contribution in [3.8, 4) is 5.75 Å². The first-order chi connectivity index (χ1) is 55.6. The average molecular weight is 1580 g/mol. The number of aromatic nitrogens is 2. The third-order valence-electron chi connectivity index (χ3n) is 23.6. The molecule has 2 fully saturated rings. The maximum absolute atomic E-state index is 15.7. The molecule has 4 heterocycles. The number of carbonyl (C=O) groups excluding carboxylic acids is 9. The number of para-hydroxylation sites is 1. The van der Waals surface area contributed by atoms with Gasteiger partial charge in [0.15, 0.2) is 29.1 Å². The summed E-state index contributed by atoms with van der Waals surface area (Å²) in [5.74, 6) is -6.77. The van der Waals surface area contributed by atoms with E-state index in [9.17, 15) is 29.4 Å². The molecule has 610 valence electrons. The number of aliphatic hydroxyl groups is 1. The summed E-state index contributed by atoms with van der Waals surface area (Å²) in [5.41, 5.74) is 26.1. The van der Waals surface area contributed by atoms with Crippen LogP contribution in [0.4, 0.5) is 0 Å². The van der Waals surface area contributed by atoms with Crippen LogP contribution in [0.2, 0.25) is 0 Å². The number of carbonyl (C=O) groups is 9. The number of unbranched alkanes of at least 4 members (excludes halogenated alkanes) is 1. The lowest BCUT2D eigenvalue weighted by atomic mass is 9.73. The smallest absolute Gasteiger partial charge is 0.224 e. The Balaban J connectivity index is 0.912. The fraction of sp³-hybridized carbons (Fsp3) is 0.457. The van der Waals surface area contributed by atoms with Crippen LogP contribution < -0.4 is 38.5 Å². The molecule has 0 unspecified atom stereocenters. The standard InChI is InChI=1S/C92H115N11O11S/c1-58(104)88-86(111)50-67(41-59-20-6-3-7-21-59)82(107)33-15-14-31-77(97-52-63(40-62-34-36-71(105)37-35-62)43-72(106)57-115-56-64-44-75-74-29-18-32-78-87(74)70(54-99-78)47-81(75)103(2)55-64)83(108)48-66(27-19-39-96-92(94)95)89(112)100-79(45-61-24-10-5-11-25-61)85(110)51-68(42-60-22-8-4-9-23-60)91(114)101-80(46-69-53-98-76-30-13-12-28-73(69)76)84(109)49-65(90(113)102-88)26-16-17-38-93/h3-13,18,20-25,28-30,32,34-37,53-54,58,63-68,75,77,79-81,88,97-99,104-105H,14-17,19,26-27,31,33,38-52,55-57,93H2,1-2H3,(H,100,112)(H,101,114)(H,102,113)(H4,94,95,96)/t58-,63-,64-,65-,66-,67-,68-,75-,77-,79+,80-,81-,88+/m1/s1. The van der Waals surface area contributed by atoms with Gasteiger partial charge >= 0.3 is 0 Å². The number of guanidine groups is 1. The largest absolute Gasteiger partial charge is 0.508 e. The van der Waals surface area contributed by atoms with E-state index in [-0.39, 0.29) is 137 Å². The number of nitrogens with two attached hydrogens (primary N) is 3. The van der Waals surface area contributed by atoms with Gasteiger partial charge in [-0.05, 0) is 185 Å². The van der Waals surface area contributed by atoms with Crippen molar-refractivity contribution in [2.75, 3.05) is 44.7 Å². The molecule has 6 aromatic carbocycles. The molecule has 115 heavy (non-hydrogen) atoms. The summed E-state index contributed by atoms with van der Waals surface area (Å²) in [5, 5.41) is 36.6. The van der Waals surface area contributed by atoms with Gasteiger partial charge in [0.1, 0.15) is 23.4 Å². The molecule has 0 saturated carbocycles. The molecule has 2 aromatic heterocycles. The number of benzene rings is 6. The van der Waals surface area contributed by atoms with E-state index in [1.165, 1.54) is 23.4 Å². The van der Waals surface area contributed by atoms with Crippen molar-refractivity contribution in [2.24, 2.45) is 57.7 Å². The third-order valence-corrected chi connectivity index (χ3v) is 24.8. The number of likely N-dealkylation sites (N-methyl/N-ethyl adjacent to an activating group) is 1. The van der Waals surface area contributed by atoms with Gasteiger partial charge in [-0.15, -0.1) is 0 Å². The molecular weight excluding hydrogens is 1470 g/mol. The number of phenols is 1. The molecule has 22 nitrogen and oxygen atoms in total. The van der Waals surface area contributed by atoms with Crippen molar-refractivity contribution >= 4 is 91.9 Å². The lowest BCUT2D eigenvalue weighted by Gasteiger charge is -2.45. The van der Waals surface area contributed by atoms with Crippen LogP contribution in [0.1, 0.15) is 148 Å². The van der Waals surface area contributed by atoms with Crippen LogP contribution in [0.5, 0.6) is 5.75 Å². The van der Waals surface area contributed by atoms with Gasteiger partial charge in [-0.3, -0.25) is 48.1 Å². The molecule has 1 aliphatic carbocycles. The fourth-order valence-corrected chi connectivity index (χ4v) is 18.4. The lowest BCUT2D eigenvalue weighted by molar-refractivity contribution is -0.136. The number of nitrogens with zero attached hydrogens (tertiary/aromatic N) is 2. The van der Waals surface area contributed by atoms with E-state index in [1.54, 1.807) is 30.1 Å². The second-order valence-electron chi connectivity index (χ2n) is 32.4. The number of aliphatic hydroxyl groups excluding tert-OH is 1. The Kier molecular flexibility index (Phi) is 31.9. The van der Waals surface area contributed by atoms with E-state index in [2.05, 4.69) is 72.6 Å². The maximum atomic E-state index is 15.7. The van der Waals surface area contributed by atoms with Crippen molar-refractivity contribution in [2.45, 2.75) is 184 Å². The van der Waals surface area contributed by atoms with E-state index < -0.39 is 102 Å². The first-order valence-electron chi connectivity index (χ1n) is 41.2. The molecule has 2 aliphatic heterocycles. The highest BCUT2D eigenvalue weighted by atomic mass is 32.2. The van der Waals surface area contributed by atoms with E-state index in [4.69, 9.17) is 17.2 Å². The predicted molar refractivity (Wildman–Crippen MR) is 452 cm³/mol. The van der Waals surface area contributed by atoms with Crippen molar-refractivity contribution in [3.05, 3.63) is 209 Å². The van der Waals surface area contributed by atoms with Crippen LogP contribution in [-0.2, 0) is 81.7 Å². The minimum absolute atomic E-state index is 0.00412. The van der Waals surface area contributed by atoms with E-state index in [0.717, 1.165) is 52.7 Å². The van der Waals surface area contributed by atoms with Gasteiger partial charge in [0, 0.05) is 128 Å². The first-order valence-corrected chi connectivity index (χ1v) is 42.3. The maximum Gasteiger partial charge on any atom is 0.224 e. The van der Waals surface area contributed by atoms with Gasteiger partial charge in [-0.25, -0.2) is 0 Å². The highest BCUT2D eigenvalue weighted by Gasteiger charge is 2.41. The van der Waals surface area contributed by atoms with E-state index in [0.29, 0.717) is 66.8 Å². The second kappa shape index (κ2) is 42.6. The number of Topliss-reactive ketones (excluding diaryl/α,β-unsaturated/α-hetero) is 6. The van der Waals surface area contributed by atoms with Crippen molar-refractivity contribution in [1.29, 1.82) is 0 Å². The van der Waals surface area contributed by atoms with Gasteiger partial charge in [0.2, 0.25) is 17.7 Å². The number of rotatable bonds is 28. The zero-order valence-electron chi connectivity index (χ0n) is 66.4. The minimum Gasteiger partial charge on any atom is -0.508 e. The molecular formula is C92H115N11O11S. The van der Waals surface area contributed by atoms with Gasteiger partial charge in [-0.2, -0.15) is 11.8 Å². The number of amides is 3. The van der Waals surface area contributed by atoms with Gasteiger partial charge < -0.3 is 63.5 Å². The van der Waals surface area contributed by atoms with E-state index >= 15 is 24.0 Å². The highest BCUT2D eigenvalue weighted by molar-refractivity contribution is 7.99. The third kappa shape index (κ3) is 24.8. The van der Waals surface area contributed by atoms with Gasteiger partial charge in [0.25, 0.3) is 0 Å². The van der Waals surface area contributed by atoms with Gasteiger partial charge in [-0.1, -0.05) is 146 Å². The Morgan fingerprint density at radius 2 is 1.20 bits per heavy atom. The summed E-state index contributed by atoms with van der Waals surface area (Å²) in [6.45, 7) is 2.92. The molecule has 11 rings (SSSR count). The Hall–Kier alpha value is -9.91. The molecule has 3 aliphatic rings. The van der Waals surface area contributed by atoms with Gasteiger partial charge in [0.05, 0.1) is 30.0 Å². The fourth-order valence-electron chi connectivity index (χ4n) is 17.4. The number of hydrogen-bond donors (Lipinski definition) is 11. The van der Waals surface area contributed by atoms with Crippen LogP contribution in [-0.4, -0.2) is 165 Å². The summed E-state index contributed by atoms with van der Waals surface area (Å²) in [4.78, 5) is 151. The SMILES string of the molecule is C[C@@H](O)[C@@H]1NC(=O)[C@H](CCCCN)CC(=O)[C@@H](Cc2c[nH]c3ccccc23)NC(=O)[C@H](Cc2ccccc2)CC(=O)[C@H](Cc2ccccc2)NC(=O)[C@H](CCCN=C(N)N)CC(=O)[C@H](NC[C@@H](CC(=O)CSC[C@@H]2C[C@@H]3c4cccc5[nH]cc(c45)C[C@H]3N(C)C2)Cc2ccc(O)cc2)CCCCC(=O)[C@H](Cc2ccccc2)CC1=O. The number of aromatic hydroxyl groups is 1. The number of fused-ring (bicyclic) bond motifs is 3. The number of thioether (sulfide) groups is 1. The molecule has 14 N–H and O–H groups in total. The summed E-state index contributed by atoms with van der Waals surface area (Å²) in [6.07, 6.45) is 6.07. The lowest BCUT2D eigenvalue weighted by Crippen LogP contribution is -2.51. The van der Waals surface area contributed by atoms with Crippen LogP contribution in [0.25, 0.3) is 21.8 Å². The number of hydrogen-bond acceptors (Lipinski definition) is 16. The minimum atomic E-state index is -1.49. The summed E-state index contributed by atoms with van der Waals surface area (Å²) in [6, 6.07) is 43.9. The number of phenolic OH excluding ortho intramolecular Hbond substituents is 1. The average Bonchev–Trinajstić information content (AvgIpc) is 1.66. The Morgan fingerprint density at radius 1 is 0.609 bits per heavy atom. The molecule has 3 amide bonds. The highest BCUT2D eigenvalue weighted by Crippen LogP contribution is 2.45. The molecule has 0 radical (unpaired) electrons. The Bertz CT molecular complexity index is 4610. The molecule has 0 spiro atoms. The van der Waals surface area contributed by atoms with E-state index in [1.807, 2.05) is 127 Å². The second-order valence-corrected chi connectivity index (χ2v) is 33.4. The number of piperidine rings is 1. The first kappa shape index (κ1) is 86.0. The molecule has 0 bridgehead atoms. The topological polar surface area (TPSA) is 367 Å². The molecule has 23 heteroatoms. The van der Waals surface area contributed by atoms with Crippen LogP contribution in [0, 0.1) is 35.5 Å². The number of likely N-dealkylation sites (tertiary alicyclic amines) is 1. The van der Waals surface area contributed by atoms with Crippen molar-refractivity contribution < 1.29 is 53.4 Å². The normalized spacial score (nSPS) is 23.5. The quantitative estimate of drug-likeness (QED) is 0.0123. The number of aromatic amines is 2. The Morgan fingerprint density at radius 3 is 1.88 bits per heavy atom. The number of aliphatic imine (C=N–C) groups is 1. The van der Waals surface area contributed by atoms with Crippen LogP contribution in [0.15, 0.2) is 175 Å². The number of nitrogens with one attached hydrogen (secondary N) is 6. The summed E-state index contributed by atoms with van der Waals surface area (Å²) in [7, 11) is 2.21. The zero-order valence-corrected chi connectivity index (χ0v) is 67.2. The number of H-pyrrole nitrogens is 2. The zero-order chi connectivity index (χ0) is 81.3. The van der Waals surface area contributed by atoms with Crippen LogP contribution >= 0.6 is 11.8 Å². The molecule has 2 saturated heterocycles. The number of ketones is 6. The summed E-state index contributed by atoms with van der Waals surface area (Å²) >= 11 is 1.65. The van der Waals surface area contributed by atoms with Crippen LogP contribution in [0.3, 0.4) is 0 Å². The predicted octanol–water partition coefficient (Wildman–Crippen LogP) is 10.3. The van der Waals surface area contributed by atoms with Crippen molar-refractivity contribution in [3.63, 3.8) is 0 Å².